The van der Waals surface area contributed by atoms with Crippen LogP contribution in [0.25, 0.3) is 10.9 Å². The van der Waals surface area contributed by atoms with Gasteiger partial charge in [0.2, 0.25) is 0 Å². The Labute approximate surface area is 147 Å². The van der Waals surface area contributed by atoms with Crippen molar-refractivity contribution in [1.82, 2.24) is 9.88 Å². The molecule has 1 saturated carbocycles. The maximum Gasteiger partial charge on any atom is 0.254 e. The third-order valence-electron chi connectivity index (χ3n) is 5.45. The molecule has 1 aliphatic rings. The second-order valence-electron chi connectivity index (χ2n) is 7.42. The second kappa shape index (κ2) is 5.80. The van der Waals surface area contributed by atoms with Gasteiger partial charge in [-0.15, -0.1) is 0 Å². The number of amides is 1. The van der Waals surface area contributed by atoms with E-state index in [0.717, 1.165) is 34.0 Å². The summed E-state index contributed by atoms with van der Waals surface area (Å²) < 4.78 is 5.93. The van der Waals surface area contributed by atoms with E-state index in [1.165, 1.54) is 12.0 Å². The zero-order valence-corrected chi connectivity index (χ0v) is 15.2. The summed E-state index contributed by atoms with van der Waals surface area (Å²) in [7, 11) is 1.82. The van der Waals surface area contributed by atoms with Crippen LogP contribution in [-0.2, 0) is 6.54 Å². The Kier molecular flexibility index (Phi) is 3.71. The van der Waals surface area contributed by atoms with Gasteiger partial charge in [-0.05, 0) is 62.1 Å². The Morgan fingerprint density at radius 2 is 2.04 bits per heavy atom. The summed E-state index contributed by atoms with van der Waals surface area (Å²) in [5.74, 6) is 3.20. The number of carbonyl (C=O) groups excluding carboxylic acids is 1. The van der Waals surface area contributed by atoms with Gasteiger partial charge < -0.3 is 14.3 Å². The van der Waals surface area contributed by atoms with Crippen LogP contribution in [0.3, 0.4) is 0 Å². The lowest BCUT2D eigenvalue weighted by atomic mass is 10.1. The highest BCUT2D eigenvalue weighted by Crippen LogP contribution is 2.47. The molecule has 4 rings (SSSR count). The van der Waals surface area contributed by atoms with Gasteiger partial charge in [0, 0.05) is 35.1 Å². The summed E-state index contributed by atoms with van der Waals surface area (Å²) in [6, 6.07) is 9.89. The molecular weight excluding hydrogens is 312 g/mol. The number of hydrogen-bond acceptors (Lipinski definition) is 2. The second-order valence-corrected chi connectivity index (χ2v) is 7.42. The SMILES string of the molecule is Cc1[nH]c2ccc(C(=O)N(C)Cc3ccc([C@H]4C[C@@H]4C)o3)cc2c1C. The lowest BCUT2D eigenvalue weighted by Crippen LogP contribution is -2.25. The Bertz CT molecular complexity index is 950. The minimum absolute atomic E-state index is 0.0119. The number of fused-ring (bicyclic) bond motifs is 1. The molecule has 1 fully saturated rings. The topological polar surface area (TPSA) is 49.2 Å². The van der Waals surface area contributed by atoms with Gasteiger partial charge >= 0.3 is 0 Å². The third kappa shape index (κ3) is 2.86. The predicted octanol–water partition coefficient (Wildman–Crippen LogP) is 4.77. The van der Waals surface area contributed by atoms with E-state index in [4.69, 9.17) is 4.42 Å². The molecule has 1 amide bonds. The van der Waals surface area contributed by atoms with Gasteiger partial charge in [-0.25, -0.2) is 0 Å². The number of carbonyl (C=O) groups is 1. The zero-order valence-electron chi connectivity index (χ0n) is 15.2. The van der Waals surface area contributed by atoms with Crippen LogP contribution >= 0.6 is 0 Å². The van der Waals surface area contributed by atoms with E-state index in [2.05, 4.69) is 31.8 Å². The summed E-state index contributed by atoms with van der Waals surface area (Å²) in [6.45, 7) is 6.86. The number of nitrogens with zero attached hydrogens (tertiary/aromatic N) is 1. The Balaban J connectivity index is 1.51. The fraction of sp³-hybridized carbons (Fsp3) is 0.381. The third-order valence-corrected chi connectivity index (χ3v) is 5.45. The number of H-pyrrole nitrogens is 1. The molecule has 25 heavy (non-hydrogen) atoms. The number of aromatic amines is 1. The van der Waals surface area contributed by atoms with Crippen molar-refractivity contribution < 1.29 is 9.21 Å². The summed E-state index contributed by atoms with van der Waals surface area (Å²) in [4.78, 5) is 17.9. The van der Waals surface area contributed by atoms with Crippen LogP contribution in [-0.4, -0.2) is 22.8 Å². The predicted molar refractivity (Wildman–Crippen MR) is 98.8 cm³/mol. The van der Waals surface area contributed by atoms with Crippen LogP contribution in [0.2, 0.25) is 0 Å². The Morgan fingerprint density at radius 1 is 1.28 bits per heavy atom. The maximum atomic E-state index is 12.8. The molecule has 0 spiro atoms. The lowest BCUT2D eigenvalue weighted by Gasteiger charge is -2.16. The van der Waals surface area contributed by atoms with Crippen molar-refractivity contribution in [2.45, 2.75) is 39.7 Å². The maximum absolute atomic E-state index is 12.8. The van der Waals surface area contributed by atoms with Crippen LogP contribution in [0.15, 0.2) is 34.7 Å². The van der Waals surface area contributed by atoms with E-state index >= 15 is 0 Å². The molecule has 0 radical (unpaired) electrons. The van der Waals surface area contributed by atoms with E-state index < -0.39 is 0 Å². The molecule has 3 aromatic rings. The minimum Gasteiger partial charge on any atom is -0.464 e. The molecule has 130 valence electrons. The largest absolute Gasteiger partial charge is 0.464 e. The number of aromatic nitrogens is 1. The fourth-order valence-electron chi connectivity index (χ4n) is 3.52. The van der Waals surface area contributed by atoms with Gasteiger partial charge in [-0.1, -0.05) is 6.92 Å². The number of aryl methyl sites for hydroxylation is 2. The highest BCUT2D eigenvalue weighted by molar-refractivity contribution is 5.98. The molecule has 1 N–H and O–H groups in total. The Morgan fingerprint density at radius 3 is 2.76 bits per heavy atom. The Hall–Kier alpha value is -2.49. The number of furan rings is 1. The molecule has 0 saturated heterocycles. The molecule has 1 aliphatic carbocycles. The van der Waals surface area contributed by atoms with Crippen LogP contribution < -0.4 is 0 Å². The van der Waals surface area contributed by atoms with Crippen molar-refractivity contribution in [2.75, 3.05) is 7.05 Å². The molecule has 0 bridgehead atoms. The molecule has 0 aliphatic heterocycles. The van der Waals surface area contributed by atoms with Gasteiger partial charge in [0.15, 0.2) is 0 Å². The van der Waals surface area contributed by atoms with Crippen molar-refractivity contribution in [1.29, 1.82) is 0 Å². The first-order valence-electron chi connectivity index (χ1n) is 8.87. The van der Waals surface area contributed by atoms with Crippen molar-refractivity contribution in [3.8, 4) is 0 Å². The summed E-state index contributed by atoms with van der Waals surface area (Å²) in [5.41, 5.74) is 4.12. The van der Waals surface area contributed by atoms with Gasteiger partial charge in [-0.3, -0.25) is 4.79 Å². The molecule has 2 heterocycles. The average Bonchev–Trinajstić information content (AvgIpc) is 3.02. The molecule has 4 nitrogen and oxygen atoms in total. The number of hydrogen-bond donors (Lipinski definition) is 1. The van der Waals surface area contributed by atoms with Crippen molar-refractivity contribution in [2.24, 2.45) is 5.92 Å². The fourth-order valence-corrected chi connectivity index (χ4v) is 3.52. The minimum atomic E-state index is 0.0119. The van der Waals surface area contributed by atoms with Crippen molar-refractivity contribution in [3.05, 3.63) is 58.7 Å². The van der Waals surface area contributed by atoms with E-state index in [9.17, 15) is 4.79 Å². The highest BCUT2D eigenvalue weighted by Gasteiger charge is 2.36. The van der Waals surface area contributed by atoms with Gasteiger partial charge in [0.1, 0.15) is 11.5 Å². The average molecular weight is 336 g/mol. The van der Waals surface area contributed by atoms with Crippen molar-refractivity contribution in [3.63, 3.8) is 0 Å². The molecule has 2 aromatic heterocycles. The van der Waals surface area contributed by atoms with Gasteiger partial charge in [-0.2, -0.15) is 0 Å². The normalized spacial score (nSPS) is 19.4. The first-order chi connectivity index (χ1) is 11.9. The van der Waals surface area contributed by atoms with E-state index in [0.29, 0.717) is 18.0 Å². The monoisotopic (exact) mass is 336 g/mol. The smallest absolute Gasteiger partial charge is 0.254 e. The van der Waals surface area contributed by atoms with Crippen molar-refractivity contribution >= 4 is 16.8 Å². The number of nitrogens with one attached hydrogen (secondary N) is 1. The summed E-state index contributed by atoms with van der Waals surface area (Å²) in [6.07, 6.45) is 1.21. The first kappa shape index (κ1) is 16.0. The van der Waals surface area contributed by atoms with Gasteiger partial charge in [0.05, 0.1) is 6.54 Å². The molecule has 4 heteroatoms. The van der Waals surface area contributed by atoms with Crippen LogP contribution in [0.1, 0.15) is 52.4 Å². The van der Waals surface area contributed by atoms with E-state index in [1.807, 2.05) is 31.3 Å². The van der Waals surface area contributed by atoms with Crippen LogP contribution in [0.4, 0.5) is 0 Å². The van der Waals surface area contributed by atoms with Crippen LogP contribution in [0.5, 0.6) is 0 Å². The lowest BCUT2D eigenvalue weighted by molar-refractivity contribution is 0.0775. The van der Waals surface area contributed by atoms with E-state index in [1.54, 1.807) is 4.90 Å². The summed E-state index contributed by atoms with van der Waals surface area (Å²) in [5, 5.41) is 1.11. The van der Waals surface area contributed by atoms with Gasteiger partial charge in [0.25, 0.3) is 5.91 Å². The molecule has 1 aromatic carbocycles. The molecule has 2 atom stereocenters. The first-order valence-corrected chi connectivity index (χ1v) is 8.87. The quantitative estimate of drug-likeness (QED) is 0.746. The number of rotatable bonds is 4. The standard InChI is InChI=1S/C21H24N2O2/c1-12-9-17(12)20-8-6-16(25-20)11-23(4)21(24)15-5-7-19-18(10-15)13(2)14(3)22-19/h5-8,10,12,17,22H,9,11H2,1-4H3/t12-,17-/m0/s1. The van der Waals surface area contributed by atoms with Crippen LogP contribution in [0, 0.1) is 19.8 Å². The molecule has 0 unspecified atom stereocenters. The summed E-state index contributed by atoms with van der Waals surface area (Å²) >= 11 is 0. The number of benzene rings is 1. The van der Waals surface area contributed by atoms with E-state index in [-0.39, 0.29) is 5.91 Å². The molecular formula is C21H24N2O2. The highest BCUT2D eigenvalue weighted by atomic mass is 16.3. The zero-order chi connectivity index (χ0) is 17.7.